The molecule has 2 aromatic carbocycles. The number of hydrazine groups is 1. The van der Waals surface area contributed by atoms with E-state index in [1.807, 2.05) is 68.4 Å². The van der Waals surface area contributed by atoms with Gasteiger partial charge >= 0.3 is 6.09 Å². The Morgan fingerprint density at radius 3 is 2.39 bits per heavy atom. The summed E-state index contributed by atoms with van der Waals surface area (Å²) in [4.78, 5) is 38.0. The fourth-order valence-electron chi connectivity index (χ4n) is 3.85. The van der Waals surface area contributed by atoms with Crippen LogP contribution in [0.2, 0.25) is 0 Å². The van der Waals surface area contributed by atoms with Crippen molar-refractivity contribution in [3.63, 3.8) is 0 Å². The van der Waals surface area contributed by atoms with Crippen molar-refractivity contribution in [2.24, 2.45) is 0 Å². The number of amides is 3. The molecule has 1 fully saturated rings. The highest BCUT2D eigenvalue weighted by Crippen LogP contribution is 2.40. The number of rotatable bonds is 6. The van der Waals surface area contributed by atoms with Crippen molar-refractivity contribution in [1.29, 1.82) is 0 Å². The minimum absolute atomic E-state index is 0.107. The molecule has 7 heteroatoms. The summed E-state index contributed by atoms with van der Waals surface area (Å²) in [5.74, 6) is -0.687. The Morgan fingerprint density at radius 1 is 1.10 bits per heavy atom. The van der Waals surface area contributed by atoms with Crippen molar-refractivity contribution in [2.45, 2.75) is 51.7 Å². The van der Waals surface area contributed by atoms with E-state index in [0.717, 1.165) is 16.7 Å². The lowest BCUT2D eigenvalue weighted by atomic mass is 9.84. The molecule has 0 spiro atoms. The maximum Gasteiger partial charge on any atom is 0.411 e. The molecule has 0 bridgehead atoms. The zero-order valence-electron chi connectivity index (χ0n) is 18.2. The normalized spacial score (nSPS) is 19.3. The quantitative estimate of drug-likeness (QED) is 0.693. The van der Waals surface area contributed by atoms with E-state index in [9.17, 15) is 14.4 Å². The lowest BCUT2D eigenvalue weighted by Crippen LogP contribution is -2.49. The number of hydrogen-bond donors (Lipinski definition) is 2. The summed E-state index contributed by atoms with van der Waals surface area (Å²) in [6.07, 6.45) is 0.592. The van der Waals surface area contributed by atoms with E-state index in [0.29, 0.717) is 19.4 Å². The SMILES string of the molecule is CC(=O)NNC(=O)CCC1(c2ccccc2)CCN(C(C)c2ccc(C)cc2)C(=O)O1. The van der Waals surface area contributed by atoms with E-state index in [-0.39, 0.29) is 24.3 Å². The van der Waals surface area contributed by atoms with Gasteiger partial charge in [-0.2, -0.15) is 0 Å². The van der Waals surface area contributed by atoms with Gasteiger partial charge in [0.25, 0.3) is 0 Å². The van der Waals surface area contributed by atoms with E-state index in [2.05, 4.69) is 10.9 Å². The maximum atomic E-state index is 13.1. The van der Waals surface area contributed by atoms with Crippen LogP contribution in [0.25, 0.3) is 0 Å². The molecule has 0 radical (unpaired) electrons. The minimum atomic E-state index is -0.893. The molecule has 1 heterocycles. The topological polar surface area (TPSA) is 87.7 Å². The van der Waals surface area contributed by atoms with Crippen LogP contribution in [-0.2, 0) is 19.9 Å². The van der Waals surface area contributed by atoms with E-state index >= 15 is 0 Å². The maximum absolute atomic E-state index is 13.1. The molecule has 0 saturated carbocycles. The van der Waals surface area contributed by atoms with Gasteiger partial charge in [0.15, 0.2) is 0 Å². The lowest BCUT2D eigenvalue weighted by Gasteiger charge is -2.43. The largest absolute Gasteiger partial charge is 0.438 e. The zero-order valence-corrected chi connectivity index (χ0v) is 18.2. The number of hydrogen-bond acceptors (Lipinski definition) is 4. The van der Waals surface area contributed by atoms with E-state index in [1.54, 1.807) is 4.90 Å². The first kappa shape index (κ1) is 22.3. The first-order valence-corrected chi connectivity index (χ1v) is 10.5. The summed E-state index contributed by atoms with van der Waals surface area (Å²) in [7, 11) is 0. The van der Waals surface area contributed by atoms with Crippen molar-refractivity contribution in [1.82, 2.24) is 15.8 Å². The Morgan fingerprint density at radius 2 is 1.77 bits per heavy atom. The summed E-state index contributed by atoms with van der Waals surface area (Å²) in [6, 6.07) is 17.5. The number of nitrogens with zero attached hydrogens (tertiary/aromatic N) is 1. The Kier molecular flexibility index (Phi) is 6.95. The second-order valence-electron chi connectivity index (χ2n) is 7.99. The number of ether oxygens (including phenoxy) is 1. The van der Waals surface area contributed by atoms with Gasteiger partial charge in [0.2, 0.25) is 11.8 Å². The Bertz CT molecular complexity index is 930. The van der Waals surface area contributed by atoms with Crippen LogP contribution in [0.4, 0.5) is 4.79 Å². The zero-order chi connectivity index (χ0) is 22.4. The molecular formula is C24H29N3O4. The van der Waals surface area contributed by atoms with Gasteiger partial charge in [-0.3, -0.25) is 20.4 Å². The van der Waals surface area contributed by atoms with Gasteiger partial charge in [-0.1, -0.05) is 60.2 Å². The first-order chi connectivity index (χ1) is 14.8. The predicted octanol–water partition coefficient (Wildman–Crippen LogP) is 3.74. The van der Waals surface area contributed by atoms with Gasteiger partial charge in [0, 0.05) is 32.7 Å². The summed E-state index contributed by atoms with van der Waals surface area (Å²) < 4.78 is 6.03. The van der Waals surface area contributed by atoms with Crippen LogP contribution in [0.15, 0.2) is 54.6 Å². The molecule has 164 valence electrons. The predicted molar refractivity (Wildman–Crippen MR) is 117 cm³/mol. The van der Waals surface area contributed by atoms with Crippen LogP contribution in [0.1, 0.15) is 55.8 Å². The Hall–Kier alpha value is -3.35. The highest BCUT2D eigenvalue weighted by molar-refractivity contribution is 5.80. The Balaban J connectivity index is 1.75. The summed E-state index contributed by atoms with van der Waals surface area (Å²) in [6.45, 7) is 5.84. The summed E-state index contributed by atoms with van der Waals surface area (Å²) in [5, 5.41) is 0. The van der Waals surface area contributed by atoms with Crippen LogP contribution in [0, 0.1) is 6.92 Å². The van der Waals surface area contributed by atoms with Crippen molar-refractivity contribution in [2.75, 3.05) is 6.54 Å². The summed E-state index contributed by atoms with van der Waals surface area (Å²) >= 11 is 0. The van der Waals surface area contributed by atoms with Crippen LogP contribution in [0.5, 0.6) is 0 Å². The number of carbonyl (C=O) groups excluding carboxylic acids is 3. The molecule has 2 N–H and O–H groups in total. The number of cyclic esters (lactones) is 1. The van der Waals surface area contributed by atoms with Crippen LogP contribution >= 0.6 is 0 Å². The van der Waals surface area contributed by atoms with Crippen molar-refractivity contribution < 1.29 is 19.1 Å². The number of carbonyl (C=O) groups is 3. The fourth-order valence-corrected chi connectivity index (χ4v) is 3.85. The molecule has 2 unspecified atom stereocenters. The monoisotopic (exact) mass is 423 g/mol. The van der Waals surface area contributed by atoms with Crippen molar-refractivity contribution in [3.8, 4) is 0 Å². The molecule has 2 atom stereocenters. The second-order valence-corrected chi connectivity index (χ2v) is 7.99. The third-order valence-electron chi connectivity index (χ3n) is 5.73. The molecule has 0 aliphatic carbocycles. The van der Waals surface area contributed by atoms with Gasteiger partial charge in [-0.15, -0.1) is 0 Å². The fraction of sp³-hybridized carbons (Fsp3) is 0.375. The highest BCUT2D eigenvalue weighted by Gasteiger charge is 2.43. The summed E-state index contributed by atoms with van der Waals surface area (Å²) in [5.41, 5.74) is 6.83. The van der Waals surface area contributed by atoms with Gasteiger partial charge in [0.05, 0.1) is 6.04 Å². The highest BCUT2D eigenvalue weighted by atomic mass is 16.6. The third kappa shape index (κ3) is 5.42. The first-order valence-electron chi connectivity index (χ1n) is 10.5. The second kappa shape index (κ2) is 9.64. The molecule has 31 heavy (non-hydrogen) atoms. The van der Waals surface area contributed by atoms with E-state index < -0.39 is 11.7 Å². The Labute approximate surface area is 182 Å². The van der Waals surface area contributed by atoms with Crippen LogP contribution < -0.4 is 10.9 Å². The third-order valence-corrected chi connectivity index (χ3v) is 5.73. The average Bonchev–Trinajstić information content (AvgIpc) is 2.77. The van der Waals surface area contributed by atoms with Crippen LogP contribution in [0.3, 0.4) is 0 Å². The molecule has 1 saturated heterocycles. The molecule has 3 amide bonds. The molecule has 3 rings (SSSR count). The molecule has 7 nitrogen and oxygen atoms in total. The molecule has 1 aliphatic heterocycles. The van der Waals surface area contributed by atoms with Crippen molar-refractivity contribution in [3.05, 3.63) is 71.3 Å². The number of benzene rings is 2. The minimum Gasteiger partial charge on any atom is -0.438 e. The molecule has 2 aromatic rings. The van der Waals surface area contributed by atoms with Gasteiger partial charge < -0.3 is 9.64 Å². The lowest BCUT2D eigenvalue weighted by molar-refractivity contribution is -0.129. The number of aryl methyl sites for hydroxylation is 1. The molecular weight excluding hydrogens is 394 g/mol. The standard InChI is InChI=1S/C24H29N3O4/c1-17-9-11-20(12-10-17)18(2)27-16-15-24(31-23(27)30,21-7-5-4-6-8-21)14-13-22(29)26-25-19(3)28/h4-12,18H,13-16H2,1-3H3,(H,25,28)(H,26,29). The van der Waals surface area contributed by atoms with Crippen molar-refractivity contribution >= 4 is 17.9 Å². The molecule has 0 aromatic heterocycles. The number of nitrogens with one attached hydrogen (secondary N) is 2. The van der Waals surface area contributed by atoms with E-state index in [4.69, 9.17) is 4.74 Å². The van der Waals surface area contributed by atoms with Gasteiger partial charge in [-0.05, 0) is 25.0 Å². The van der Waals surface area contributed by atoms with E-state index in [1.165, 1.54) is 6.92 Å². The van der Waals surface area contributed by atoms with Gasteiger partial charge in [0.1, 0.15) is 5.60 Å². The smallest absolute Gasteiger partial charge is 0.411 e. The average molecular weight is 424 g/mol. The molecule has 1 aliphatic rings. The van der Waals surface area contributed by atoms with Crippen LogP contribution in [-0.4, -0.2) is 29.4 Å². The van der Waals surface area contributed by atoms with Gasteiger partial charge in [-0.25, -0.2) is 4.79 Å².